The first-order valence-corrected chi connectivity index (χ1v) is 8.07. The van der Waals surface area contributed by atoms with Gasteiger partial charge in [-0.25, -0.2) is 4.98 Å². The summed E-state index contributed by atoms with van der Waals surface area (Å²) in [7, 11) is 0. The second-order valence-corrected chi connectivity index (χ2v) is 7.16. The average molecular weight is 350 g/mol. The Labute approximate surface area is 145 Å². The largest absolute Gasteiger partial charge is 0.388 e. The molecule has 0 aromatic carbocycles. The van der Waals surface area contributed by atoms with Crippen LogP contribution in [0.25, 0.3) is 11.2 Å². The molecular formula is C16H23N5O4. The zero-order valence-corrected chi connectivity index (χ0v) is 14.6. The lowest BCUT2D eigenvalue weighted by Gasteiger charge is -2.25. The normalized spacial score (nSPS) is 26.2. The number of nitrogens with zero attached hydrogens (tertiary/aromatic N) is 3. The van der Waals surface area contributed by atoms with Crippen LogP contribution in [0.3, 0.4) is 0 Å². The van der Waals surface area contributed by atoms with Gasteiger partial charge >= 0.3 is 0 Å². The number of hydrogen-bond acceptors (Lipinski definition) is 6. The number of imidazole rings is 1. The van der Waals surface area contributed by atoms with Gasteiger partial charge in [-0.2, -0.15) is 4.98 Å². The zero-order valence-electron chi connectivity index (χ0n) is 15.6. The first-order chi connectivity index (χ1) is 12.2. The van der Waals surface area contributed by atoms with Crippen molar-refractivity contribution in [2.75, 3.05) is 5.32 Å². The number of aliphatic hydroxyl groups is 1. The summed E-state index contributed by atoms with van der Waals surface area (Å²) < 4.78 is 14.9. The summed E-state index contributed by atoms with van der Waals surface area (Å²) in [6.45, 7) is 7.09. The third kappa shape index (κ3) is 2.83. The number of carbonyl (C=O) groups is 1. The second kappa shape index (κ2) is 5.92. The number of amides is 1. The lowest BCUT2D eigenvalue weighted by Crippen LogP contribution is -2.33. The van der Waals surface area contributed by atoms with Crippen molar-refractivity contribution in [3.63, 3.8) is 0 Å². The summed E-state index contributed by atoms with van der Waals surface area (Å²) in [5, 5.41) is 13.2. The molecule has 3 heterocycles. The van der Waals surface area contributed by atoms with Crippen LogP contribution in [0.15, 0.2) is 11.1 Å². The van der Waals surface area contributed by atoms with Crippen molar-refractivity contribution in [1.82, 2.24) is 19.5 Å². The van der Waals surface area contributed by atoms with Gasteiger partial charge in [0, 0.05) is 12.7 Å². The van der Waals surface area contributed by atoms with E-state index in [-0.39, 0.29) is 35.8 Å². The van der Waals surface area contributed by atoms with Gasteiger partial charge in [0.1, 0.15) is 6.10 Å². The Bertz CT molecular complexity index is 890. The molecule has 25 heavy (non-hydrogen) atoms. The van der Waals surface area contributed by atoms with Crippen LogP contribution >= 0.6 is 0 Å². The molecule has 1 amide bonds. The lowest BCUT2D eigenvalue weighted by atomic mass is 9.83. The van der Waals surface area contributed by atoms with Crippen LogP contribution in [0.5, 0.6) is 0 Å². The molecule has 1 unspecified atom stereocenters. The van der Waals surface area contributed by atoms with Crippen molar-refractivity contribution in [3.05, 3.63) is 16.7 Å². The molecule has 0 bridgehead atoms. The molecular weight excluding hydrogens is 326 g/mol. The summed E-state index contributed by atoms with van der Waals surface area (Å²) in [5.74, 6) is -0.558. The van der Waals surface area contributed by atoms with Gasteiger partial charge in [-0.15, -0.1) is 0 Å². The van der Waals surface area contributed by atoms with Gasteiger partial charge in [0.15, 0.2) is 17.4 Å². The van der Waals surface area contributed by atoms with Crippen molar-refractivity contribution in [1.29, 1.82) is 0 Å². The molecule has 9 nitrogen and oxygen atoms in total. The van der Waals surface area contributed by atoms with Gasteiger partial charge in [-0.05, 0) is 6.90 Å². The van der Waals surface area contributed by atoms with Gasteiger partial charge in [-0.1, -0.05) is 27.7 Å². The highest BCUT2D eigenvalue weighted by Gasteiger charge is 2.48. The Hall–Kier alpha value is -2.26. The highest BCUT2D eigenvalue weighted by atomic mass is 16.5. The van der Waals surface area contributed by atoms with Crippen molar-refractivity contribution in [2.24, 2.45) is 11.3 Å². The second-order valence-electron chi connectivity index (χ2n) is 7.16. The summed E-state index contributed by atoms with van der Waals surface area (Å²) in [6, 6.07) is 0. The molecule has 3 rings (SSSR count). The fourth-order valence-corrected chi connectivity index (χ4v) is 2.63. The van der Waals surface area contributed by atoms with E-state index in [1.54, 1.807) is 13.8 Å². The molecule has 9 heteroatoms. The quantitative estimate of drug-likeness (QED) is 0.759. The molecule has 1 fully saturated rings. The van der Waals surface area contributed by atoms with Crippen LogP contribution in [0.2, 0.25) is 0 Å². The number of carbonyl (C=O) groups excluding carboxylic acids is 1. The predicted octanol–water partition coefficient (Wildman–Crippen LogP) is 1.02. The molecule has 136 valence electrons. The number of fused-ring (bicyclic) bond motifs is 1. The van der Waals surface area contributed by atoms with E-state index in [4.69, 9.17) is 6.11 Å². The number of anilines is 1. The molecule has 2 aromatic rings. The molecule has 2 aromatic heterocycles. The van der Waals surface area contributed by atoms with E-state index >= 15 is 0 Å². The van der Waals surface area contributed by atoms with Gasteiger partial charge in [0.2, 0.25) is 11.9 Å². The maximum atomic E-state index is 12.3. The standard InChI is InChI=1S/C16H23N5O4/c1-7(2)12(23)19-15-18-11-9(13(24)20-15)17-6-21(11)14-10(22)16(4,5)8(3)25-14/h6-8,10,14,22H,1-5H3,(H2,18,19,20,23,24)/t8-,10?,14-/m1/s1/i3D. The fraction of sp³-hybridized carbons (Fsp3) is 0.625. The minimum absolute atomic E-state index is 0.00308. The van der Waals surface area contributed by atoms with Crippen LogP contribution in [-0.2, 0) is 9.53 Å². The molecule has 1 aliphatic rings. The lowest BCUT2D eigenvalue weighted by molar-refractivity contribution is -0.118. The maximum Gasteiger partial charge on any atom is 0.280 e. The van der Waals surface area contributed by atoms with E-state index in [9.17, 15) is 14.7 Å². The topological polar surface area (TPSA) is 122 Å². The predicted molar refractivity (Wildman–Crippen MR) is 91.0 cm³/mol. The first-order valence-electron chi connectivity index (χ1n) is 8.78. The number of ether oxygens (including phenoxy) is 1. The van der Waals surface area contributed by atoms with Gasteiger partial charge < -0.3 is 9.84 Å². The van der Waals surface area contributed by atoms with Crippen LogP contribution < -0.4 is 10.9 Å². The number of rotatable bonds is 3. The van der Waals surface area contributed by atoms with E-state index in [1.807, 2.05) is 13.8 Å². The van der Waals surface area contributed by atoms with Gasteiger partial charge in [0.05, 0.1) is 12.4 Å². The Kier molecular flexibility index (Phi) is 3.84. The van der Waals surface area contributed by atoms with Crippen LogP contribution in [0, 0.1) is 11.3 Å². The van der Waals surface area contributed by atoms with E-state index in [0.29, 0.717) is 0 Å². The van der Waals surface area contributed by atoms with Gasteiger partial charge in [0.25, 0.3) is 5.56 Å². The third-order valence-corrected chi connectivity index (χ3v) is 4.64. The van der Waals surface area contributed by atoms with Crippen molar-refractivity contribution >= 4 is 23.0 Å². The number of aromatic amines is 1. The number of aromatic nitrogens is 4. The van der Waals surface area contributed by atoms with Gasteiger partial charge in [-0.3, -0.25) is 24.5 Å². The monoisotopic (exact) mass is 350 g/mol. The van der Waals surface area contributed by atoms with Crippen molar-refractivity contribution in [2.45, 2.75) is 53.0 Å². The highest BCUT2D eigenvalue weighted by Crippen LogP contribution is 2.43. The summed E-state index contributed by atoms with van der Waals surface area (Å²) in [5.41, 5.74) is -0.871. The minimum Gasteiger partial charge on any atom is -0.388 e. The molecule has 0 spiro atoms. The summed E-state index contributed by atoms with van der Waals surface area (Å²) >= 11 is 0. The number of aliphatic hydroxyl groups excluding tert-OH is 1. The number of hydrogen-bond donors (Lipinski definition) is 3. The van der Waals surface area contributed by atoms with Crippen LogP contribution in [0.1, 0.15) is 42.2 Å². The Morgan fingerprint density at radius 2 is 2.28 bits per heavy atom. The molecule has 0 aliphatic carbocycles. The Morgan fingerprint density at radius 3 is 2.88 bits per heavy atom. The smallest absolute Gasteiger partial charge is 0.280 e. The summed E-state index contributed by atoms with van der Waals surface area (Å²) in [4.78, 5) is 34.9. The van der Waals surface area contributed by atoms with E-state index in [0.717, 1.165) is 0 Å². The molecule has 3 N–H and O–H groups in total. The third-order valence-electron chi connectivity index (χ3n) is 4.64. The minimum atomic E-state index is -0.912. The molecule has 1 aliphatic heterocycles. The SMILES string of the molecule is [2H]C[C@H]1O[C@@H](n2cnc3c(=O)[nH]c(NC(=O)C(C)C)nc32)C(O)C1(C)C. The Morgan fingerprint density at radius 1 is 1.56 bits per heavy atom. The van der Waals surface area contributed by atoms with Crippen LogP contribution in [-0.4, -0.2) is 42.7 Å². The zero-order chi connectivity index (χ0) is 19.2. The fourth-order valence-electron chi connectivity index (χ4n) is 2.63. The maximum absolute atomic E-state index is 12.3. The number of H-pyrrole nitrogens is 1. The highest BCUT2D eigenvalue weighted by molar-refractivity contribution is 5.91. The van der Waals surface area contributed by atoms with Crippen molar-refractivity contribution < 1.29 is 16.0 Å². The number of nitrogens with one attached hydrogen (secondary N) is 2. The molecule has 0 radical (unpaired) electrons. The Balaban J connectivity index is 2.04. The average Bonchev–Trinajstić information content (AvgIpc) is 3.07. The van der Waals surface area contributed by atoms with E-state index in [1.165, 1.54) is 10.9 Å². The first kappa shape index (κ1) is 16.2. The molecule has 1 saturated heterocycles. The summed E-state index contributed by atoms with van der Waals surface area (Å²) in [6.07, 6.45) is -0.836. The van der Waals surface area contributed by atoms with Crippen LogP contribution in [0.4, 0.5) is 5.95 Å². The molecule has 3 atom stereocenters. The van der Waals surface area contributed by atoms with E-state index in [2.05, 4.69) is 20.3 Å². The van der Waals surface area contributed by atoms with Crippen molar-refractivity contribution in [3.8, 4) is 0 Å². The van der Waals surface area contributed by atoms with E-state index < -0.39 is 29.4 Å². The molecule has 0 saturated carbocycles.